The molecule has 1 unspecified atom stereocenters. The predicted molar refractivity (Wildman–Crippen MR) is 69.0 cm³/mol. The first-order valence-corrected chi connectivity index (χ1v) is 6.65. The van der Waals surface area contributed by atoms with Gasteiger partial charge in [-0.2, -0.15) is 0 Å². The van der Waals surface area contributed by atoms with Gasteiger partial charge in [0.1, 0.15) is 11.5 Å². The van der Waals surface area contributed by atoms with Gasteiger partial charge in [-0.05, 0) is 38.3 Å². The predicted octanol–water partition coefficient (Wildman–Crippen LogP) is 3.68. The van der Waals surface area contributed by atoms with Crippen LogP contribution in [-0.4, -0.2) is 17.3 Å². The number of carbonyl (C=O) groups is 2. The summed E-state index contributed by atoms with van der Waals surface area (Å²) in [6.45, 7) is 7.13. The first-order valence-electron chi connectivity index (χ1n) is 6.27. The fraction of sp³-hybridized carbons (Fsp3) is 0.846. The molecule has 0 aromatic rings. The zero-order chi connectivity index (χ0) is 13.5. The summed E-state index contributed by atoms with van der Waals surface area (Å²) in [5.41, 5.74) is -1.25. The van der Waals surface area contributed by atoms with E-state index in [4.69, 9.17) is 16.3 Å². The van der Waals surface area contributed by atoms with Crippen molar-refractivity contribution < 1.29 is 14.3 Å². The smallest absolute Gasteiger partial charge is 0.320 e. The maximum Gasteiger partial charge on any atom is 0.320 e. The average molecular weight is 263 g/mol. The molecule has 0 fully saturated rings. The van der Waals surface area contributed by atoms with Gasteiger partial charge < -0.3 is 4.74 Å². The van der Waals surface area contributed by atoms with Crippen molar-refractivity contribution in [2.75, 3.05) is 0 Å². The molecule has 0 spiro atoms. The van der Waals surface area contributed by atoms with Crippen molar-refractivity contribution in [3.63, 3.8) is 0 Å². The largest absolute Gasteiger partial charge is 0.462 e. The monoisotopic (exact) mass is 262 g/mol. The Morgan fingerprint density at radius 1 is 1.18 bits per heavy atom. The Bertz CT molecular complexity index is 261. The lowest BCUT2D eigenvalue weighted by Gasteiger charge is -2.23. The third kappa shape index (κ3) is 5.53. The van der Waals surface area contributed by atoms with Crippen molar-refractivity contribution in [2.45, 2.75) is 65.9 Å². The summed E-state index contributed by atoms with van der Waals surface area (Å²) in [5, 5.41) is -0.673. The van der Waals surface area contributed by atoms with Gasteiger partial charge in [0.2, 0.25) is 5.24 Å². The van der Waals surface area contributed by atoms with Gasteiger partial charge in [0, 0.05) is 0 Å². The SMILES string of the molecule is CCCCC(CCC)OC(=O)C(C)(C)C(=O)Cl. The molecule has 0 heterocycles. The van der Waals surface area contributed by atoms with Gasteiger partial charge in [-0.1, -0.05) is 33.1 Å². The third-order valence-corrected chi connectivity index (χ3v) is 3.24. The summed E-state index contributed by atoms with van der Waals surface area (Å²) < 4.78 is 5.37. The van der Waals surface area contributed by atoms with Gasteiger partial charge in [-0.25, -0.2) is 0 Å². The molecule has 0 rings (SSSR count). The summed E-state index contributed by atoms with van der Waals surface area (Å²) in [4.78, 5) is 23.0. The van der Waals surface area contributed by atoms with Crippen LogP contribution in [0.2, 0.25) is 0 Å². The second-order valence-corrected chi connectivity index (χ2v) is 5.20. The third-order valence-electron chi connectivity index (χ3n) is 2.77. The minimum atomic E-state index is -1.25. The fourth-order valence-corrected chi connectivity index (χ4v) is 1.47. The molecule has 0 aromatic heterocycles. The fourth-order valence-electron chi connectivity index (χ4n) is 1.39. The standard InChI is InChI=1S/C13H23ClO3/c1-5-7-9-10(8-6-2)17-12(16)13(3,4)11(14)15/h10H,5-9H2,1-4H3. The first-order chi connectivity index (χ1) is 7.86. The molecular formula is C13H23ClO3. The van der Waals surface area contributed by atoms with Gasteiger partial charge in [-0.3, -0.25) is 9.59 Å². The van der Waals surface area contributed by atoms with Crippen LogP contribution < -0.4 is 0 Å². The van der Waals surface area contributed by atoms with E-state index in [9.17, 15) is 9.59 Å². The van der Waals surface area contributed by atoms with Crippen LogP contribution in [-0.2, 0) is 14.3 Å². The number of hydrogen-bond acceptors (Lipinski definition) is 3. The van der Waals surface area contributed by atoms with E-state index in [1.165, 1.54) is 13.8 Å². The normalized spacial score (nSPS) is 13.2. The van der Waals surface area contributed by atoms with Gasteiger partial charge in [0.25, 0.3) is 0 Å². The van der Waals surface area contributed by atoms with E-state index >= 15 is 0 Å². The molecule has 0 radical (unpaired) electrons. The van der Waals surface area contributed by atoms with E-state index in [2.05, 4.69) is 6.92 Å². The van der Waals surface area contributed by atoms with Gasteiger partial charge in [0.15, 0.2) is 0 Å². The van der Waals surface area contributed by atoms with Crippen LogP contribution in [0.4, 0.5) is 0 Å². The van der Waals surface area contributed by atoms with E-state index in [0.29, 0.717) is 0 Å². The Morgan fingerprint density at radius 3 is 2.18 bits per heavy atom. The summed E-state index contributed by atoms with van der Waals surface area (Å²) in [6.07, 6.45) is 4.63. The molecule has 100 valence electrons. The second-order valence-electron chi connectivity index (χ2n) is 4.86. The topological polar surface area (TPSA) is 43.4 Å². The van der Waals surface area contributed by atoms with Crippen LogP contribution in [0, 0.1) is 5.41 Å². The number of unbranched alkanes of at least 4 members (excludes halogenated alkanes) is 1. The minimum Gasteiger partial charge on any atom is -0.462 e. The first kappa shape index (κ1) is 16.4. The minimum absolute atomic E-state index is 0.0947. The van der Waals surface area contributed by atoms with Gasteiger partial charge in [-0.15, -0.1) is 0 Å². The zero-order valence-electron chi connectivity index (χ0n) is 11.2. The van der Waals surface area contributed by atoms with Crippen LogP contribution in [0.25, 0.3) is 0 Å². The van der Waals surface area contributed by atoms with Gasteiger partial charge >= 0.3 is 5.97 Å². The molecule has 0 saturated heterocycles. The maximum atomic E-state index is 11.8. The van der Waals surface area contributed by atoms with E-state index in [-0.39, 0.29) is 6.10 Å². The lowest BCUT2D eigenvalue weighted by Crippen LogP contribution is -2.35. The van der Waals surface area contributed by atoms with Crippen molar-refractivity contribution in [2.24, 2.45) is 5.41 Å². The van der Waals surface area contributed by atoms with Gasteiger partial charge in [0.05, 0.1) is 0 Å². The zero-order valence-corrected chi connectivity index (χ0v) is 12.0. The molecule has 0 bridgehead atoms. The van der Waals surface area contributed by atoms with Crippen molar-refractivity contribution in [3.05, 3.63) is 0 Å². The molecule has 0 aromatic carbocycles. The van der Waals surface area contributed by atoms with Crippen LogP contribution in [0.1, 0.15) is 59.8 Å². The van der Waals surface area contributed by atoms with Crippen molar-refractivity contribution in [1.29, 1.82) is 0 Å². The second kappa shape index (κ2) is 7.70. The van der Waals surface area contributed by atoms with Crippen molar-refractivity contribution >= 4 is 22.8 Å². The molecule has 1 atom stereocenters. The van der Waals surface area contributed by atoms with Crippen LogP contribution in [0.3, 0.4) is 0 Å². The molecule has 0 N–H and O–H groups in total. The van der Waals surface area contributed by atoms with Crippen LogP contribution in [0.15, 0.2) is 0 Å². The lowest BCUT2D eigenvalue weighted by molar-refractivity contribution is -0.162. The Hall–Kier alpha value is -0.570. The number of halogens is 1. The highest BCUT2D eigenvalue weighted by molar-refractivity contribution is 6.66. The highest BCUT2D eigenvalue weighted by Crippen LogP contribution is 2.23. The number of hydrogen-bond donors (Lipinski definition) is 0. The Morgan fingerprint density at radius 2 is 1.76 bits per heavy atom. The summed E-state index contributed by atoms with van der Waals surface area (Å²) >= 11 is 5.39. The number of esters is 1. The summed E-state index contributed by atoms with van der Waals surface area (Å²) in [7, 11) is 0. The molecule has 17 heavy (non-hydrogen) atoms. The number of ether oxygens (including phenoxy) is 1. The summed E-state index contributed by atoms with van der Waals surface area (Å²) in [6, 6.07) is 0. The molecule has 0 aliphatic heterocycles. The molecule has 0 saturated carbocycles. The molecule has 0 aliphatic rings. The lowest BCUT2D eigenvalue weighted by atomic mass is 9.95. The van der Waals surface area contributed by atoms with Crippen molar-refractivity contribution in [3.8, 4) is 0 Å². The average Bonchev–Trinajstić information content (AvgIpc) is 2.25. The molecule has 3 nitrogen and oxygen atoms in total. The Kier molecular flexibility index (Phi) is 7.44. The molecule has 0 amide bonds. The molecule has 4 heteroatoms. The van der Waals surface area contributed by atoms with E-state index in [0.717, 1.165) is 32.1 Å². The quantitative estimate of drug-likeness (QED) is 0.381. The molecular weight excluding hydrogens is 240 g/mol. The Balaban J connectivity index is 4.43. The highest BCUT2D eigenvalue weighted by atomic mass is 35.5. The maximum absolute atomic E-state index is 11.8. The van der Waals surface area contributed by atoms with E-state index in [1.54, 1.807) is 0 Å². The molecule has 0 aliphatic carbocycles. The van der Waals surface area contributed by atoms with Crippen LogP contribution in [0.5, 0.6) is 0 Å². The number of carbonyl (C=O) groups excluding carboxylic acids is 2. The van der Waals surface area contributed by atoms with Crippen LogP contribution >= 0.6 is 11.6 Å². The van der Waals surface area contributed by atoms with E-state index < -0.39 is 16.6 Å². The van der Waals surface area contributed by atoms with E-state index in [1.807, 2.05) is 6.92 Å². The number of rotatable bonds is 8. The Labute approximate surface area is 109 Å². The summed E-state index contributed by atoms with van der Waals surface area (Å²) in [5.74, 6) is -0.521. The highest BCUT2D eigenvalue weighted by Gasteiger charge is 2.37. The van der Waals surface area contributed by atoms with Crippen molar-refractivity contribution in [1.82, 2.24) is 0 Å².